The molecule has 0 saturated heterocycles. The van der Waals surface area contributed by atoms with Crippen molar-refractivity contribution in [1.82, 2.24) is 0 Å². The first-order valence-corrected chi connectivity index (χ1v) is 4.74. The maximum Gasteiger partial charge on any atom is 0.0736 e. The Morgan fingerprint density at radius 3 is 2.56 bits per heavy atom. The lowest BCUT2D eigenvalue weighted by Crippen LogP contribution is -2.37. The Kier molecular flexibility index (Phi) is 2.37. The van der Waals surface area contributed by atoms with Crippen molar-refractivity contribution in [3.05, 3.63) is 0 Å². The highest BCUT2D eigenvalue weighted by atomic mass is 127. The molecule has 1 fully saturated rings. The molecule has 0 amide bonds. The SMILES string of the molecule is C[C@]1(O)CCCC[C@@H]1I. The highest BCUT2D eigenvalue weighted by Gasteiger charge is 2.31. The molecule has 0 unspecified atom stereocenters. The third-order valence-electron chi connectivity index (χ3n) is 2.07. The minimum atomic E-state index is -0.376. The molecule has 1 aliphatic carbocycles. The van der Waals surface area contributed by atoms with E-state index in [2.05, 4.69) is 22.6 Å². The standard InChI is InChI=1S/C7H13IO/c1-7(9)5-3-2-4-6(7)8/h6,9H,2-5H2,1H3/t6-,7-/m0/s1. The van der Waals surface area contributed by atoms with Crippen LogP contribution in [0.3, 0.4) is 0 Å². The molecule has 9 heavy (non-hydrogen) atoms. The topological polar surface area (TPSA) is 20.2 Å². The molecule has 0 aromatic heterocycles. The van der Waals surface area contributed by atoms with Gasteiger partial charge in [0.15, 0.2) is 0 Å². The van der Waals surface area contributed by atoms with Gasteiger partial charge in [-0.05, 0) is 19.8 Å². The lowest BCUT2D eigenvalue weighted by molar-refractivity contribution is 0.0341. The van der Waals surface area contributed by atoms with Gasteiger partial charge in [0.2, 0.25) is 0 Å². The summed E-state index contributed by atoms with van der Waals surface area (Å²) in [5, 5.41) is 9.64. The van der Waals surface area contributed by atoms with E-state index in [-0.39, 0.29) is 5.60 Å². The first-order valence-electron chi connectivity index (χ1n) is 3.49. The van der Waals surface area contributed by atoms with Crippen molar-refractivity contribution in [2.75, 3.05) is 0 Å². The number of rotatable bonds is 0. The summed E-state index contributed by atoms with van der Waals surface area (Å²) >= 11 is 2.35. The minimum absolute atomic E-state index is 0.376. The molecule has 1 nitrogen and oxygen atoms in total. The van der Waals surface area contributed by atoms with E-state index in [0.29, 0.717) is 3.92 Å². The fraction of sp³-hybridized carbons (Fsp3) is 1.00. The molecule has 54 valence electrons. The van der Waals surface area contributed by atoms with Gasteiger partial charge in [-0.15, -0.1) is 0 Å². The molecule has 0 heterocycles. The summed E-state index contributed by atoms with van der Waals surface area (Å²) in [4.78, 5) is 0. The second-order valence-corrected chi connectivity index (χ2v) is 4.57. The van der Waals surface area contributed by atoms with Crippen LogP contribution in [0.2, 0.25) is 0 Å². The molecule has 1 rings (SSSR count). The van der Waals surface area contributed by atoms with Crippen LogP contribution in [-0.4, -0.2) is 14.6 Å². The van der Waals surface area contributed by atoms with Crippen molar-refractivity contribution in [3.63, 3.8) is 0 Å². The normalized spacial score (nSPS) is 45.0. The lowest BCUT2D eigenvalue weighted by atomic mass is 9.87. The van der Waals surface area contributed by atoms with Crippen molar-refractivity contribution < 1.29 is 5.11 Å². The number of hydrogen-bond acceptors (Lipinski definition) is 1. The highest BCUT2D eigenvalue weighted by molar-refractivity contribution is 14.1. The average molecular weight is 240 g/mol. The lowest BCUT2D eigenvalue weighted by Gasteiger charge is -2.33. The summed E-state index contributed by atoms with van der Waals surface area (Å²) in [7, 11) is 0. The van der Waals surface area contributed by atoms with Crippen molar-refractivity contribution in [2.45, 2.75) is 42.1 Å². The predicted molar refractivity (Wildman–Crippen MR) is 46.9 cm³/mol. The van der Waals surface area contributed by atoms with Crippen LogP contribution in [0.25, 0.3) is 0 Å². The quantitative estimate of drug-likeness (QED) is 0.508. The monoisotopic (exact) mass is 240 g/mol. The zero-order chi connectivity index (χ0) is 6.91. The third-order valence-corrected chi connectivity index (χ3v) is 4.03. The molecule has 0 aromatic rings. The van der Waals surface area contributed by atoms with Gasteiger partial charge in [-0.1, -0.05) is 35.4 Å². The molecule has 2 atom stereocenters. The van der Waals surface area contributed by atoms with E-state index in [9.17, 15) is 5.11 Å². The van der Waals surface area contributed by atoms with Crippen molar-refractivity contribution >= 4 is 22.6 Å². The molecule has 0 spiro atoms. The Hall–Kier alpha value is 0.690. The summed E-state index contributed by atoms with van der Waals surface area (Å²) < 4.78 is 0.476. The van der Waals surface area contributed by atoms with E-state index in [1.807, 2.05) is 6.92 Å². The molecule has 1 aliphatic rings. The van der Waals surface area contributed by atoms with Crippen molar-refractivity contribution in [3.8, 4) is 0 Å². The third kappa shape index (κ3) is 1.80. The van der Waals surface area contributed by atoms with Gasteiger partial charge in [0.25, 0.3) is 0 Å². The zero-order valence-corrected chi connectivity index (χ0v) is 7.89. The van der Waals surface area contributed by atoms with E-state index in [1.54, 1.807) is 0 Å². The number of hydrogen-bond donors (Lipinski definition) is 1. The second kappa shape index (κ2) is 2.74. The van der Waals surface area contributed by atoms with Crippen LogP contribution in [0, 0.1) is 0 Å². The molecule has 0 aromatic carbocycles. The van der Waals surface area contributed by atoms with E-state index in [1.165, 1.54) is 19.3 Å². The molecule has 2 heteroatoms. The molecule has 0 aliphatic heterocycles. The summed E-state index contributed by atoms with van der Waals surface area (Å²) in [6.45, 7) is 1.95. The average Bonchev–Trinajstić information content (AvgIpc) is 1.77. The van der Waals surface area contributed by atoms with Crippen LogP contribution >= 0.6 is 22.6 Å². The molecule has 1 N–H and O–H groups in total. The summed E-state index contributed by atoms with van der Waals surface area (Å²) in [6, 6.07) is 0. The van der Waals surface area contributed by atoms with Gasteiger partial charge in [0.1, 0.15) is 0 Å². The Bertz CT molecular complexity index is 101. The predicted octanol–water partition coefficient (Wildman–Crippen LogP) is 2.12. The van der Waals surface area contributed by atoms with E-state index in [0.717, 1.165) is 6.42 Å². The fourth-order valence-electron chi connectivity index (χ4n) is 1.27. The first kappa shape index (κ1) is 7.79. The summed E-state index contributed by atoms with van der Waals surface area (Å²) in [5.41, 5.74) is -0.376. The molecular formula is C7H13IO. The van der Waals surface area contributed by atoms with Gasteiger partial charge in [0.05, 0.1) is 5.60 Å². The maximum atomic E-state index is 9.64. The van der Waals surface area contributed by atoms with Gasteiger partial charge < -0.3 is 5.11 Å². The Morgan fingerprint density at radius 2 is 2.22 bits per heavy atom. The smallest absolute Gasteiger partial charge is 0.0736 e. The summed E-state index contributed by atoms with van der Waals surface area (Å²) in [5.74, 6) is 0. The van der Waals surface area contributed by atoms with E-state index < -0.39 is 0 Å². The molecular weight excluding hydrogens is 227 g/mol. The van der Waals surface area contributed by atoms with Crippen LogP contribution in [-0.2, 0) is 0 Å². The number of aliphatic hydroxyl groups is 1. The minimum Gasteiger partial charge on any atom is -0.389 e. The molecule has 0 radical (unpaired) electrons. The largest absolute Gasteiger partial charge is 0.389 e. The van der Waals surface area contributed by atoms with Crippen LogP contribution < -0.4 is 0 Å². The van der Waals surface area contributed by atoms with Crippen LogP contribution in [0.5, 0.6) is 0 Å². The van der Waals surface area contributed by atoms with Gasteiger partial charge in [-0.2, -0.15) is 0 Å². The highest BCUT2D eigenvalue weighted by Crippen LogP contribution is 2.33. The van der Waals surface area contributed by atoms with Gasteiger partial charge in [-0.25, -0.2) is 0 Å². The second-order valence-electron chi connectivity index (χ2n) is 3.07. The first-order chi connectivity index (χ1) is 4.13. The van der Waals surface area contributed by atoms with Crippen LogP contribution in [0.15, 0.2) is 0 Å². The Morgan fingerprint density at radius 1 is 1.56 bits per heavy atom. The van der Waals surface area contributed by atoms with Gasteiger partial charge in [-0.3, -0.25) is 0 Å². The van der Waals surface area contributed by atoms with Gasteiger partial charge in [0, 0.05) is 3.92 Å². The maximum absolute atomic E-state index is 9.64. The number of halogens is 1. The van der Waals surface area contributed by atoms with Crippen LogP contribution in [0.1, 0.15) is 32.6 Å². The zero-order valence-electron chi connectivity index (χ0n) is 5.73. The fourth-order valence-corrected chi connectivity index (χ4v) is 2.03. The Labute approximate surface area is 70.0 Å². The van der Waals surface area contributed by atoms with Gasteiger partial charge >= 0.3 is 0 Å². The van der Waals surface area contributed by atoms with Crippen LogP contribution in [0.4, 0.5) is 0 Å². The van der Waals surface area contributed by atoms with Crippen molar-refractivity contribution in [2.24, 2.45) is 0 Å². The van der Waals surface area contributed by atoms with Crippen molar-refractivity contribution in [1.29, 1.82) is 0 Å². The summed E-state index contributed by atoms with van der Waals surface area (Å²) in [6.07, 6.45) is 4.67. The van der Waals surface area contributed by atoms with E-state index in [4.69, 9.17) is 0 Å². The number of alkyl halides is 1. The Balaban J connectivity index is 2.49. The molecule has 1 saturated carbocycles. The van der Waals surface area contributed by atoms with E-state index >= 15 is 0 Å². The molecule has 0 bridgehead atoms.